The predicted octanol–water partition coefficient (Wildman–Crippen LogP) is 7.70. The number of allylic oxidation sites excluding steroid dienone is 2. The maximum absolute atomic E-state index is 11.1. The molecule has 6 heteroatoms. The van der Waals surface area contributed by atoms with E-state index in [1.165, 1.54) is 77.6 Å². The standard InChI is InChI=1S/C20H38O2.C7H8O.C5H10O3/c1-3-5-6-7-8-9-10-11-12-13-14-15-16-17-18-19-20(21)22-4-2;8-6-7-4-2-1-3-5-7;1-3-8-5(7)4(2)6/h11-12H,3-10,13-19H2,1-2H3;1-5,8H,6H2;4,6H,3H2,1-2H3/b12-11-;;. The molecule has 1 rings (SSSR count). The molecule has 0 saturated heterocycles. The molecule has 0 heterocycles. The molecule has 1 atom stereocenters. The van der Waals surface area contributed by atoms with Gasteiger partial charge in [0.05, 0.1) is 19.8 Å². The van der Waals surface area contributed by atoms with Gasteiger partial charge in [-0.2, -0.15) is 0 Å². The summed E-state index contributed by atoms with van der Waals surface area (Å²) >= 11 is 0. The molecular weight excluding hydrogens is 480 g/mol. The Morgan fingerprint density at radius 1 is 0.763 bits per heavy atom. The third-order valence-electron chi connectivity index (χ3n) is 5.60. The van der Waals surface area contributed by atoms with Gasteiger partial charge in [0.2, 0.25) is 0 Å². The van der Waals surface area contributed by atoms with Crippen molar-refractivity contribution in [2.45, 2.75) is 130 Å². The fraction of sp³-hybridized carbons (Fsp3) is 0.688. The molecule has 0 amide bonds. The lowest BCUT2D eigenvalue weighted by molar-refractivity contribution is -0.152. The van der Waals surface area contributed by atoms with Crippen LogP contribution >= 0.6 is 0 Å². The van der Waals surface area contributed by atoms with Crippen LogP contribution in [0.15, 0.2) is 42.5 Å². The van der Waals surface area contributed by atoms with Crippen LogP contribution in [0.3, 0.4) is 0 Å². The SMILES string of the molecule is CCCCCCCC/C=C\CCCCCCCC(=O)OCC.CCOC(=O)C(C)O.OCc1ccccc1. The second-order valence-electron chi connectivity index (χ2n) is 9.21. The van der Waals surface area contributed by atoms with Gasteiger partial charge in [-0.05, 0) is 58.4 Å². The van der Waals surface area contributed by atoms with Crippen molar-refractivity contribution in [2.75, 3.05) is 13.2 Å². The van der Waals surface area contributed by atoms with E-state index in [-0.39, 0.29) is 12.6 Å². The summed E-state index contributed by atoms with van der Waals surface area (Å²) in [5, 5.41) is 17.0. The van der Waals surface area contributed by atoms with Gasteiger partial charge in [-0.1, -0.05) is 101 Å². The van der Waals surface area contributed by atoms with Crippen LogP contribution in [0.4, 0.5) is 0 Å². The predicted molar refractivity (Wildman–Crippen MR) is 157 cm³/mol. The van der Waals surface area contributed by atoms with Crippen molar-refractivity contribution < 1.29 is 29.3 Å². The number of unbranched alkanes of at least 4 members (excludes halogenated alkanes) is 11. The summed E-state index contributed by atoms with van der Waals surface area (Å²) in [7, 11) is 0. The first kappa shape index (κ1) is 38.0. The van der Waals surface area contributed by atoms with E-state index in [4.69, 9.17) is 14.9 Å². The fourth-order valence-electron chi connectivity index (χ4n) is 3.42. The number of esters is 2. The highest BCUT2D eigenvalue weighted by molar-refractivity contribution is 5.73. The second kappa shape index (κ2) is 31.0. The Bertz CT molecular complexity index is 657. The van der Waals surface area contributed by atoms with Gasteiger partial charge in [0.15, 0.2) is 0 Å². The first-order valence-electron chi connectivity index (χ1n) is 14.7. The topological polar surface area (TPSA) is 93.1 Å². The van der Waals surface area contributed by atoms with Crippen molar-refractivity contribution in [1.82, 2.24) is 0 Å². The third kappa shape index (κ3) is 30.0. The highest BCUT2D eigenvalue weighted by Gasteiger charge is 2.07. The number of ether oxygens (including phenoxy) is 2. The number of rotatable bonds is 19. The zero-order chi connectivity index (χ0) is 28.7. The molecule has 0 fully saturated rings. The average Bonchev–Trinajstić information content (AvgIpc) is 2.92. The van der Waals surface area contributed by atoms with Crippen molar-refractivity contribution in [3.05, 3.63) is 48.0 Å². The summed E-state index contributed by atoms with van der Waals surface area (Å²) in [6.45, 7) is 8.16. The molecule has 220 valence electrons. The molecule has 1 unspecified atom stereocenters. The Kier molecular flexibility index (Phi) is 31.0. The number of carbonyl (C=O) groups excluding carboxylic acids is 2. The normalized spacial score (nSPS) is 11.1. The molecule has 0 bridgehead atoms. The monoisotopic (exact) mass is 536 g/mol. The number of aliphatic hydroxyl groups excluding tert-OH is 2. The molecule has 0 spiro atoms. The number of hydrogen-bond donors (Lipinski definition) is 2. The Morgan fingerprint density at radius 2 is 1.26 bits per heavy atom. The summed E-state index contributed by atoms with van der Waals surface area (Å²) < 4.78 is 9.33. The van der Waals surface area contributed by atoms with Crippen molar-refractivity contribution >= 4 is 11.9 Å². The number of carbonyl (C=O) groups is 2. The van der Waals surface area contributed by atoms with Gasteiger partial charge in [-0.3, -0.25) is 4.79 Å². The third-order valence-corrected chi connectivity index (χ3v) is 5.60. The summed E-state index contributed by atoms with van der Waals surface area (Å²) in [6, 6.07) is 9.52. The molecule has 1 aromatic carbocycles. The Hall–Kier alpha value is -2.18. The minimum Gasteiger partial charge on any atom is -0.466 e. The van der Waals surface area contributed by atoms with Crippen LogP contribution in [-0.4, -0.2) is 41.5 Å². The lowest BCUT2D eigenvalue weighted by atomic mass is 10.1. The highest BCUT2D eigenvalue weighted by atomic mass is 16.5. The molecule has 0 aliphatic heterocycles. The van der Waals surface area contributed by atoms with Gasteiger partial charge < -0.3 is 19.7 Å². The van der Waals surface area contributed by atoms with Crippen LogP contribution in [-0.2, 0) is 25.7 Å². The average molecular weight is 537 g/mol. The van der Waals surface area contributed by atoms with E-state index >= 15 is 0 Å². The molecule has 1 aromatic rings. The minimum absolute atomic E-state index is 0.0415. The Morgan fingerprint density at radius 3 is 1.68 bits per heavy atom. The molecule has 38 heavy (non-hydrogen) atoms. The van der Waals surface area contributed by atoms with Crippen LogP contribution < -0.4 is 0 Å². The summed E-state index contributed by atoms with van der Waals surface area (Å²) in [6.07, 6.45) is 21.0. The van der Waals surface area contributed by atoms with Crippen LogP contribution in [0.5, 0.6) is 0 Å². The first-order chi connectivity index (χ1) is 18.4. The largest absolute Gasteiger partial charge is 0.466 e. The Labute approximate surface area is 232 Å². The zero-order valence-corrected chi connectivity index (χ0v) is 24.7. The lowest BCUT2D eigenvalue weighted by Gasteiger charge is -2.01. The number of benzene rings is 1. The number of aliphatic hydroxyl groups is 2. The highest BCUT2D eigenvalue weighted by Crippen LogP contribution is 2.10. The molecule has 0 aliphatic rings. The molecule has 0 aliphatic carbocycles. The lowest BCUT2D eigenvalue weighted by Crippen LogP contribution is -2.18. The van der Waals surface area contributed by atoms with E-state index in [1.54, 1.807) is 6.92 Å². The van der Waals surface area contributed by atoms with Crippen LogP contribution in [0.2, 0.25) is 0 Å². The molecule has 0 radical (unpaired) electrons. The van der Waals surface area contributed by atoms with E-state index in [2.05, 4.69) is 23.8 Å². The molecule has 2 N–H and O–H groups in total. The zero-order valence-electron chi connectivity index (χ0n) is 24.7. The minimum atomic E-state index is -0.991. The Balaban J connectivity index is 0. The van der Waals surface area contributed by atoms with Gasteiger partial charge in [0, 0.05) is 6.42 Å². The van der Waals surface area contributed by atoms with Crippen molar-refractivity contribution in [1.29, 1.82) is 0 Å². The quantitative estimate of drug-likeness (QED) is 0.107. The maximum Gasteiger partial charge on any atom is 0.334 e. The van der Waals surface area contributed by atoms with Crippen molar-refractivity contribution in [2.24, 2.45) is 0 Å². The van der Waals surface area contributed by atoms with Gasteiger partial charge in [-0.15, -0.1) is 0 Å². The van der Waals surface area contributed by atoms with E-state index in [9.17, 15) is 9.59 Å². The molecule has 0 saturated carbocycles. The first-order valence-corrected chi connectivity index (χ1v) is 14.7. The smallest absolute Gasteiger partial charge is 0.334 e. The molecular formula is C32H56O6. The maximum atomic E-state index is 11.1. The van der Waals surface area contributed by atoms with Gasteiger partial charge in [0.25, 0.3) is 0 Å². The van der Waals surface area contributed by atoms with Crippen LogP contribution in [0, 0.1) is 0 Å². The van der Waals surface area contributed by atoms with E-state index in [0.29, 0.717) is 19.6 Å². The van der Waals surface area contributed by atoms with E-state index in [1.807, 2.05) is 37.3 Å². The second-order valence-corrected chi connectivity index (χ2v) is 9.21. The van der Waals surface area contributed by atoms with Gasteiger partial charge in [-0.25, -0.2) is 4.79 Å². The molecule has 6 nitrogen and oxygen atoms in total. The van der Waals surface area contributed by atoms with Gasteiger partial charge in [0.1, 0.15) is 6.10 Å². The van der Waals surface area contributed by atoms with Crippen molar-refractivity contribution in [3.8, 4) is 0 Å². The fourth-order valence-corrected chi connectivity index (χ4v) is 3.42. The summed E-state index contributed by atoms with van der Waals surface area (Å²) in [5.74, 6) is -0.604. The van der Waals surface area contributed by atoms with E-state index < -0.39 is 12.1 Å². The number of hydrogen-bond acceptors (Lipinski definition) is 6. The van der Waals surface area contributed by atoms with E-state index in [0.717, 1.165) is 18.4 Å². The van der Waals surface area contributed by atoms with Gasteiger partial charge >= 0.3 is 11.9 Å². The van der Waals surface area contributed by atoms with Crippen molar-refractivity contribution in [3.63, 3.8) is 0 Å². The van der Waals surface area contributed by atoms with Crippen LogP contribution in [0.1, 0.15) is 123 Å². The summed E-state index contributed by atoms with van der Waals surface area (Å²) in [4.78, 5) is 21.4. The summed E-state index contributed by atoms with van der Waals surface area (Å²) in [5.41, 5.74) is 0.965. The molecule has 0 aromatic heterocycles. The van der Waals surface area contributed by atoms with Crippen LogP contribution in [0.25, 0.3) is 0 Å².